The third kappa shape index (κ3) is 2.61. The van der Waals surface area contributed by atoms with Crippen molar-refractivity contribution in [3.63, 3.8) is 0 Å². The van der Waals surface area contributed by atoms with E-state index in [1.54, 1.807) is 18.2 Å². The number of hydrogen-bond donors (Lipinski definition) is 2. The number of rotatable bonds is 3. The summed E-state index contributed by atoms with van der Waals surface area (Å²) in [5.74, 6) is 0.576. The lowest BCUT2D eigenvalue weighted by Crippen LogP contribution is -2.14. The van der Waals surface area contributed by atoms with E-state index in [4.69, 9.17) is 11.6 Å². The Balaban J connectivity index is 2.91. The lowest BCUT2D eigenvalue weighted by Gasteiger charge is -2.12. The first-order chi connectivity index (χ1) is 6.15. The molecule has 1 rings (SSSR count). The van der Waals surface area contributed by atoms with Crippen LogP contribution in [0.4, 0.5) is 0 Å². The average Bonchev–Trinajstić information content (AvgIpc) is 2.09. The first kappa shape index (κ1) is 10.4. The molecular weight excluding hydrogens is 186 g/mol. The third-order valence-corrected chi connectivity index (χ3v) is 2.37. The molecule has 1 unspecified atom stereocenters. The summed E-state index contributed by atoms with van der Waals surface area (Å²) in [5, 5.41) is 13.1. The minimum Gasteiger partial charge on any atom is -0.508 e. The molecule has 0 fully saturated rings. The molecular formula is C10H14ClNO. The van der Waals surface area contributed by atoms with Gasteiger partial charge in [-0.25, -0.2) is 0 Å². The first-order valence-corrected chi connectivity index (χ1v) is 4.66. The normalized spacial score (nSPS) is 12.8. The van der Waals surface area contributed by atoms with E-state index in [9.17, 15) is 5.11 Å². The molecule has 1 aromatic rings. The minimum atomic E-state index is 0.266. The highest BCUT2D eigenvalue weighted by Gasteiger charge is 2.09. The molecule has 2 nitrogen and oxygen atoms in total. The second kappa shape index (κ2) is 4.49. The van der Waals surface area contributed by atoms with Crippen LogP contribution in [0.2, 0.25) is 5.02 Å². The van der Waals surface area contributed by atoms with Gasteiger partial charge in [0.1, 0.15) is 5.75 Å². The zero-order valence-corrected chi connectivity index (χ0v) is 8.60. The van der Waals surface area contributed by atoms with Crippen LogP contribution in [0.15, 0.2) is 18.2 Å². The Morgan fingerprint density at radius 3 is 2.85 bits per heavy atom. The van der Waals surface area contributed by atoms with Crippen molar-refractivity contribution in [1.82, 2.24) is 5.32 Å². The molecule has 0 bridgehead atoms. The van der Waals surface area contributed by atoms with Gasteiger partial charge in [0.15, 0.2) is 0 Å². The fourth-order valence-corrected chi connectivity index (χ4v) is 1.63. The summed E-state index contributed by atoms with van der Waals surface area (Å²) in [6, 6.07) is 5.03. The van der Waals surface area contributed by atoms with Crippen molar-refractivity contribution >= 4 is 11.6 Å². The van der Waals surface area contributed by atoms with E-state index in [2.05, 4.69) is 12.2 Å². The van der Waals surface area contributed by atoms with Crippen LogP contribution in [-0.2, 0) is 0 Å². The van der Waals surface area contributed by atoms with E-state index in [0.717, 1.165) is 12.1 Å². The van der Waals surface area contributed by atoms with Crippen LogP contribution in [0.3, 0.4) is 0 Å². The molecule has 0 spiro atoms. The van der Waals surface area contributed by atoms with Crippen LogP contribution < -0.4 is 5.32 Å². The van der Waals surface area contributed by atoms with Crippen LogP contribution in [0.1, 0.15) is 18.4 Å². The summed E-state index contributed by atoms with van der Waals surface area (Å²) in [6.07, 6.45) is 0. The molecule has 2 N–H and O–H groups in total. The van der Waals surface area contributed by atoms with Crippen molar-refractivity contribution in [2.45, 2.75) is 12.8 Å². The maximum absolute atomic E-state index is 9.28. The van der Waals surface area contributed by atoms with Crippen LogP contribution in [-0.4, -0.2) is 18.7 Å². The van der Waals surface area contributed by atoms with Gasteiger partial charge in [0.2, 0.25) is 0 Å². The molecule has 0 aromatic heterocycles. The van der Waals surface area contributed by atoms with Crippen molar-refractivity contribution in [2.24, 2.45) is 0 Å². The Hall–Kier alpha value is -0.730. The van der Waals surface area contributed by atoms with Gasteiger partial charge in [-0.1, -0.05) is 18.5 Å². The largest absolute Gasteiger partial charge is 0.508 e. The molecule has 1 atom stereocenters. The SMILES string of the molecule is CNCC(C)c1cc(O)ccc1Cl. The highest BCUT2D eigenvalue weighted by atomic mass is 35.5. The number of phenolic OH excluding ortho intramolecular Hbond substituents is 1. The standard InChI is InChI=1S/C10H14ClNO/c1-7(6-12-2)9-5-8(13)3-4-10(9)11/h3-5,7,12-13H,6H2,1-2H3. The Bertz CT molecular complexity index is 288. The summed E-state index contributed by atoms with van der Waals surface area (Å²) in [5.41, 5.74) is 0.982. The lowest BCUT2D eigenvalue weighted by molar-refractivity contribution is 0.473. The van der Waals surface area contributed by atoms with Crippen LogP contribution in [0.25, 0.3) is 0 Å². The number of nitrogens with one attached hydrogen (secondary N) is 1. The molecule has 72 valence electrons. The van der Waals surface area contributed by atoms with Crippen LogP contribution >= 0.6 is 11.6 Å². The summed E-state index contributed by atoms with van der Waals surface area (Å²) >= 11 is 5.99. The van der Waals surface area contributed by atoms with Gasteiger partial charge in [0.05, 0.1) is 0 Å². The third-order valence-electron chi connectivity index (χ3n) is 2.02. The number of halogens is 1. The highest BCUT2D eigenvalue weighted by molar-refractivity contribution is 6.31. The van der Waals surface area contributed by atoms with E-state index in [-0.39, 0.29) is 5.75 Å². The highest BCUT2D eigenvalue weighted by Crippen LogP contribution is 2.27. The summed E-state index contributed by atoms with van der Waals surface area (Å²) < 4.78 is 0. The van der Waals surface area contributed by atoms with Gasteiger partial charge in [-0.2, -0.15) is 0 Å². The minimum absolute atomic E-state index is 0.266. The predicted octanol–water partition coefficient (Wildman–Crippen LogP) is 2.37. The van der Waals surface area contributed by atoms with Crippen LogP contribution in [0, 0.1) is 0 Å². The van der Waals surface area contributed by atoms with Gasteiger partial charge in [-0.15, -0.1) is 0 Å². The Labute approximate surface area is 83.5 Å². The topological polar surface area (TPSA) is 32.3 Å². The predicted molar refractivity (Wildman–Crippen MR) is 55.5 cm³/mol. The summed E-state index contributed by atoms with van der Waals surface area (Å²) in [7, 11) is 1.90. The molecule has 0 amide bonds. The van der Waals surface area contributed by atoms with Gasteiger partial charge in [0, 0.05) is 11.6 Å². The van der Waals surface area contributed by atoms with E-state index in [0.29, 0.717) is 10.9 Å². The number of likely N-dealkylation sites (N-methyl/N-ethyl adjacent to an activating group) is 1. The van der Waals surface area contributed by atoms with Gasteiger partial charge >= 0.3 is 0 Å². The number of phenols is 1. The number of hydrogen-bond acceptors (Lipinski definition) is 2. The second-order valence-electron chi connectivity index (χ2n) is 3.16. The molecule has 0 saturated heterocycles. The number of benzene rings is 1. The maximum Gasteiger partial charge on any atom is 0.115 e. The molecule has 0 aliphatic heterocycles. The van der Waals surface area contributed by atoms with Crippen molar-refractivity contribution in [2.75, 3.05) is 13.6 Å². The van der Waals surface area contributed by atoms with Gasteiger partial charge in [-0.3, -0.25) is 0 Å². The molecule has 1 aromatic carbocycles. The molecule has 0 aliphatic carbocycles. The van der Waals surface area contributed by atoms with Crippen LogP contribution in [0.5, 0.6) is 5.75 Å². The molecule has 0 radical (unpaired) electrons. The fourth-order valence-electron chi connectivity index (χ4n) is 1.32. The fraction of sp³-hybridized carbons (Fsp3) is 0.400. The molecule has 13 heavy (non-hydrogen) atoms. The quantitative estimate of drug-likeness (QED) is 0.784. The molecule has 0 heterocycles. The van der Waals surface area contributed by atoms with Gasteiger partial charge < -0.3 is 10.4 Å². The summed E-state index contributed by atoms with van der Waals surface area (Å²) in [4.78, 5) is 0. The monoisotopic (exact) mass is 199 g/mol. The van der Waals surface area contributed by atoms with Crippen molar-refractivity contribution in [3.8, 4) is 5.75 Å². The average molecular weight is 200 g/mol. The Morgan fingerprint density at radius 1 is 1.54 bits per heavy atom. The van der Waals surface area contributed by atoms with Crippen molar-refractivity contribution < 1.29 is 5.11 Å². The lowest BCUT2D eigenvalue weighted by atomic mass is 10.0. The van der Waals surface area contributed by atoms with Gasteiger partial charge in [0.25, 0.3) is 0 Å². The van der Waals surface area contributed by atoms with E-state index < -0.39 is 0 Å². The van der Waals surface area contributed by atoms with E-state index >= 15 is 0 Å². The molecule has 0 aliphatic rings. The second-order valence-corrected chi connectivity index (χ2v) is 3.57. The summed E-state index contributed by atoms with van der Waals surface area (Å²) in [6.45, 7) is 2.92. The van der Waals surface area contributed by atoms with E-state index in [1.165, 1.54) is 0 Å². The Morgan fingerprint density at radius 2 is 2.23 bits per heavy atom. The van der Waals surface area contributed by atoms with Gasteiger partial charge in [-0.05, 0) is 36.7 Å². The van der Waals surface area contributed by atoms with Crippen molar-refractivity contribution in [3.05, 3.63) is 28.8 Å². The molecule has 0 saturated carbocycles. The smallest absolute Gasteiger partial charge is 0.115 e. The first-order valence-electron chi connectivity index (χ1n) is 4.28. The van der Waals surface area contributed by atoms with Crippen molar-refractivity contribution in [1.29, 1.82) is 0 Å². The zero-order valence-electron chi connectivity index (χ0n) is 7.84. The maximum atomic E-state index is 9.28. The number of aromatic hydroxyl groups is 1. The Kier molecular flexibility index (Phi) is 3.58. The van der Waals surface area contributed by atoms with E-state index in [1.807, 2.05) is 7.05 Å². The molecule has 3 heteroatoms. The zero-order chi connectivity index (χ0) is 9.84.